The Morgan fingerprint density at radius 2 is 2.04 bits per heavy atom. The van der Waals surface area contributed by atoms with Crippen LogP contribution in [-0.2, 0) is 16.6 Å². The lowest BCUT2D eigenvalue weighted by Gasteiger charge is -2.20. The van der Waals surface area contributed by atoms with Crippen LogP contribution in [0.4, 0.5) is 0 Å². The van der Waals surface area contributed by atoms with Crippen LogP contribution < -0.4 is 9.60 Å². The summed E-state index contributed by atoms with van der Waals surface area (Å²) in [5.74, 6) is 0.797. The molecule has 1 aromatic carbocycles. The average Bonchev–Trinajstić information content (AvgIpc) is 2.93. The zero-order valence-corrected chi connectivity index (χ0v) is 16.8. The second-order valence-electron chi connectivity index (χ2n) is 6.27. The third-order valence-electron chi connectivity index (χ3n) is 4.57. The Bertz CT molecular complexity index is 880. The molecule has 3 rings (SSSR count). The largest absolute Gasteiger partial charge is 0.308 e. The lowest BCUT2D eigenvalue weighted by molar-refractivity contribution is 0.516. The molecule has 1 aromatic heterocycles. The Labute approximate surface area is 156 Å². The number of nitrogens with one attached hydrogen (secondary N) is 1. The first-order chi connectivity index (χ1) is 12.0. The number of hydrogen-bond acceptors (Lipinski definition) is 5. The monoisotopic (exact) mass is 400 g/mol. The molecule has 0 atom stereocenters. The molecule has 0 amide bonds. The number of fused-ring (bicyclic) bond motifs is 1. The topological polar surface area (TPSA) is 68.2 Å². The van der Waals surface area contributed by atoms with E-state index in [1.807, 2.05) is 18.7 Å². The highest BCUT2D eigenvalue weighted by Gasteiger charge is 2.17. The summed E-state index contributed by atoms with van der Waals surface area (Å²) in [7, 11) is -3.53. The highest BCUT2D eigenvalue weighted by Crippen LogP contribution is 2.28. The van der Waals surface area contributed by atoms with Crippen LogP contribution in [0.5, 0.6) is 0 Å². The number of aromatic nitrogens is 1. The first-order valence-electron chi connectivity index (χ1n) is 8.76. The van der Waals surface area contributed by atoms with Crippen molar-refractivity contribution in [1.82, 2.24) is 9.29 Å². The fourth-order valence-electron chi connectivity index (χ4n) is 3.23. The first-order valence-corrected chi connectivity index (χ1v) is 12.1. The predicted octanol–water partition coefficient (Wildman–Crippen LogP) is 3.43. The minimum Gasteiger partial charge on any atom is -0.299 e. The molecule has 0 unspecified atom stereocenters. The Morgan fingerprint density at radius 3 is 2.76 bits per heavy atom. The van der Waals surface area contributed by atoms with E-state index in [4.69, 9.17) is 0 Å². The van der Waals surface area contributed by atoms with Gasteiger partial charge in [-0.25, -0.2) is 13.1 Å². The standard InChI is InChI=1S/C17H24N2O3S3/c1-2-19-15-9-8-14(12-16(15)24-17(19)20)25(21,22)18-10-11-23-13-6-4-3-5-7-13/h8-9,12-13,18H,2-7,10-11H2,1H3. The van der Waals surface area contributed by atoms with Crippen LogP contribution in [0, 0.1) is 0 Å². The molecule has 1 N–H and O–H groups in total. The number of thioether (sulfide) groups is 1. The zero-order valence-electron chi connectivity index (χ0n) is 14.4. The molecule has 1 heterocycles. The summed E-state index contributed by atoms with van der Waals surface area (Å²) < 4.78 is 30.0. The van der Waals surface area contributed by atoms with Crippen LogP contribution in [0.3, 0.4) is 0 Å². The SMILES string of the molecule is CCn1c(=O)sc2cc(S(=O)(=O)NCCSC3CCCCC3)ccc21. The normalized spacial score (nSPS) is 16.5. The molecule has 25 heavy (non-hydrogen) atoms. The third kappa shape index (κ3) is 4.48. The van der Waals surface area contributed by atoms with Crippen LogP contribution in [0.1, 0.15) is 39.0 Å². The molecule has 5 nitrogen and oxygen atoms in total. The maximum Gasteiger partial charge on any atom is 0.308 e. The van der Waals surface area contributed by atoms with E-state index in [0.717, 1.165) is 22.6 Å². The lowest BCUT2D eigenvalue weighted by atomic mass is 10.0. The van der Waals surface area contributed by atoms with Gasteiger partial charge >= 0.3 is 4.87 Å². The van der Waals surface area contributed by atoms with Crippen LogP contribution in [0.25, 0.3) is 10.2 Å². The summed E-state index contributed by atoms with van der Waals surface area (Å²) in [6, 6.07) is 4.91. The molecule has 0 saturated heterocycles. The number of nitrogens with zero attached hydrogens (tertiary/aromatic N) is 1. The second-order valence-corrected chi connectivity index (χ2v) is 10.4. The molecule has 2 aromatic rings. The van der Waals surface area contributed by atoms with E-state index < -0.39 is 10.0 Å². The minimum absolute atomic E-state index is 0.0520. The number of rotatable bonds is 7. The molecule has 138 valence electrons. The van der Waals surface area contributed by atoms with Crippen molar-refractivity contribution in [2.24, 2.45) is 0 Å². The summed E-state index contributed by atoms with van der Waals surface area (Å²) in [6.45, 7) is 2.93. The average molecular weight is 401 g/mol. The highest BCUT2D eigenvalue weighted by molar-refractivity contribution is 8.00. The zero-order chi connectivity index (χ0) is 17.9. The van der Waals surface area contributed by atoms with Gasteiger partial charge in [-0.2, -0.15) is 11.8 Å². The Kier molecular flexibility index (Phi) is 6.25. The van der Waals surface area contributed by atoms with E-state index in [9.17, 15) is 13.2 Å². The van der Waals surface area contributed by atoms with Crippen molar-refractivity contribution in [3.8, 4) is 0 Å². The summed E-state index contributed by atoms with van der Waals surface area (Å²) in [6.07, 6.45) is 6.42. The Hall–Kier alpha value is -0.830. The maximum absolute atomic E-state index is 12.5. The number of benzene rings is 1. The van der Waals surface area contributed by atoms with Crippen LogP contribution in [-0.4, -0.2) is 30.5 Å². The third-order valence-corrected chi connectivity index (χ3v) is 8.35. The van der Waals surface area contributed by atoms with Crippen LogP contribution in [0.15, 0.2) is 27.9 Å². The molecule has 0 bridgehead atoms. The summed E-state index contributed by atoms with van der Waals surface area (Å²) in [4.78, 5) is 12.1. The van der Waals surface area contributed by atoms with Gasteiger partial charge in [0.05, 0.1) is 15.1 Å². The van der Waals surface area contributed by atoms with Crippen molar-refractivity contribution in [1.29, 1.82) is 0 Å². The number of hydrogen-bond donors (Lipinski definition) is 1. The summed E-state index contributed by atoms with van der Waals surface area (Å²) in [5, 5.41) is 0.681. The van der Waals surface area contributed by atoms with E-state index in [1.165, 1.54) is 32.1 Å². The van der Waals surface area contributed by atoms with Gasteiger partial charge in [-0.05, 0) is 38.0 Å². The molecule has 0 aliphatic heterocycles. The quantitative estimate of drug-likeness (QED) is 0.723. The molecular formula is C17H24N2O3S3. The molecule has 0 spiro atoms. The van der Waals surface area contributed by atoms with Gasteiger partial charge in [0, 0.05) is 24.1 Å². The molecule has 1 saturated carbocycles. The highest BCUT2D eigenvalue weighted by atomic mass is 32.2. The Balaban J connectivity index is 1.63. The molecule has 1 aliphatic carbocycles. The van der Waals surface area contributed by atoms with Crippen molar-refractivity contribution >= 4 is 43.3 Å². The fourth-order valence-corrected chi connectivity index (χ4v) is 6.71. The second kappa shape index (κ2) is 8.24. The van der Waals surface area contributed by atoms with Crippen LogP contribution >= 0.6 is 23.1 Å². The fraction of sp³-hybridized carbons (Fsp3) is 0.588. The lowest BCUT2D eigenvalue weighted by Crippen LogP contribution is -2.26. The number of aryl methyl sites for hydroxylation is 1. The van der Waals surface area contributed by atoms with E-state index >= 15 is 0 Å². The number of thiazole rings is 1. The molecular weight excluding hydrogens is 376 g/mol. The Morgan fingerprint density at radius 1 is 1.28 bits per heavy atom. The van der Waals surface area contributed by atoms with Gasteiger partial charge in [0.1, 0.15) is 0 Å². The van der Waals surface area contributed by atoms with E-state index in [2.05, 4.69) is 4.72 Å². The van der Waals surface area contributed by atoms with Gasteiger partial charge in [-0.3, -0.25) is 9.36 Å². The van der Waals surface area contributed by atoms with Crippen molar-refractivity contribution in [3.63, 3.8) is 0 Å². The van der Waals surface area contributed by atoms with Crippen molar-refractivity contribution < 1.29 is 8.42 Å². The smallest absolute Gasteiger partial charge is 0.299 e. The van der Waals surface area contributed by atoms with Crippen molar-refractivity contribution in [3.05, 3.63) is 27.9 Å². The van der Waals surface area contributed by atoms with Gasteiger partial charge in [0.15, 0.2) is 0 Å². The minimum atomic E-state index is -3.53. The summed E-state index contributed by atoms with van der Waals surface area (Å²) >= 11 is 2.97. The molecule has 1 aliphatic rings. The van der Waals surface area contributed by atoms with Gasteiger partial charge in [0.2, 0.25) is 10.0 Å². The van der Waals surface area contributed by atoms with Gasteiger partial charge in [0.25, 0.3) is 0 Å². The van der Waals surface area contributed by atoms with E-state index in [-0.39, 0.29) is 9.77 Å². The summed E-state index contributed by atoms with van der Waals surface area (Å²) in [5.41, 5.74) is 0.796. The molecule has 8 heteroatoms. The maximum atomic E-state index is 12.5. The number of sulfonamides is 1. The van der Waals surface area contributed by atoms with Gasteiger partial charge in [-0.1, -0.05) is 30.6 Å². The molecule has 1 fully saturated rings. The van der Waals surface area contributed by atoms with E-state index in [0.29, 0.717) is 23.0 Å². The van der Waals surface area contributed by atoms with E-state index in [1.54, 1.807) is 22.8 Å². The van der Waals surface area contributed by atoms with Crippen LogP contribution in [0.2, 0.25) is 0 Å². The van der Waals surface area contributed by atoms with Crippen molar-refractivity contribution in [2.45, 2.75) is 55.7 Å². The predicted molar refractivity (Wildman–Crippen MR) is 106 cm³/mol. The van der Waals surface area contributed by atoms with Gasteiger partial charge in [-0.15, -0.1) is 0 Å². The first kappa shape index (κ1) is 18.9. The molecule has 0 radical (unpaired) electrons. The van der Waals surface area contributed by atoms with Gasteiger partial charge < -0.3 is 0 Å². The van der Waals surface area contributed by atoms with Crippen molar-refractivity contribution in [2.75, 3.05) is 12.3 Å².